The Balaban J connectivity index is 2.24. The Labute approximate surface area is 74.6 Å². The maximum absolute atomic E-state index is 11.4. The Morgan fingerprint density at radius 2 is 2.25 bits per heavy atom. The molecule has 0 saturated heterocycles. The third-order valence-electron chi connectivity index (χ3n) is 2.01. The topological polar surface area (TPSA) is 54.4 Å². The van der Waals surface area contributed by atoms with Crippen molar-refractivity contribution in [3.8, 4) is 0 Å². The van der Waals surface area contributed by atoms with Gasteiger partial charge in [0.25, 0.3) is 0 Å². The summed E-state index contributed by atoms with van der Waals surface area (Å²) in [6, 6.07) is 0. The molecule has 0 amide bonds. The normalized spacial score (nSPS) is 21.8. The maximum Gasteiger partial charge on any atom is 0.304 e. The van der Waals surface area contributed by atoms with Crippen LogP contribution in [0.2, 0.25) is 0 Å². The molecule has 2 unspecified atom stereocenters. The summed E-state index contributed by atoms with van der Waals surface area (Å²) in [4.78, 5) is 10.3. The molecule has 0 bridgehead atoms. The Morgan fingerprint density at radius 3 is 2.67 bits per heavy atom. The van der Waals surface area contributed by atoms with Gasteiger partial charge in [-0.1, -0.05) is 6.92 Å². The summed E-state index contributed by atoms with van der Waals surface area (Å²) in [6.45, 7) is 1.74. The largest absolute Gasteiger partial charge is 0.481 e. The predicted molar refractivity (Wildman–Crippen MR) is 47.4 cm³/mol. The highest BCUT2D eigenvalue weighted by Crippen LogP contribution is 2.30. The van der Waals surface area contributed by atoms with Gasteiger partial charge >= 0.3 is 5.97 Å². The summed E-state index contributed by atoms with van der Waals surface area (Å²) in [6.07, 6.45) is 2.37. The van der Waals surface area contributed by atoms with E-state index in [9.17, 15) is 9.00 Å². The van der Waals surface area contributed by atoms with Crippen LogP contribution in [0, 0.1) is 5.92 Å². The predicted octanol–water partition coefficient (Wildman–Crippen LogP) is 1.01. The van der Waals surface area contributed by atoms with Crippen LogP contribution < -0.4 is 0 Å². The number of aliphatic carboxylic acids is 1. The summed E-state index contributed by atoms with van der Waals surface area (Å²) in [5.74, 6) is 0.461. The SMILES string of the molecule is CC(CC(=O)O)S(=O)CC1CC1. The number of carboxylic acid groups (broad SMARTS) is 1. The molecule has 3 nitrogen and oxygen atoms in total. The zero-order valence-electron chi connectivity index (χ0n) is 7.16. The van der Waals surface area contributed by atoms with E-state index in [1.165, 1.54) is 12.8 Å². The zero-order valence-corrected chi connectivity index (χ0v) is 7.97. The molecule has 0 spiro atoms. The van der Waals surface area contributed by atoms with E-state index >= 15 is 0 Å². The molecule has 0 aromatic rings. The third-order valence-corrected chi connectivity index (χ3v) is 3.87. The van der Waals surface area contributed by atoms with Gasteiger partial charge in [0.1, 0.15) is 0 Å². The van der Waals surface area contributed by atoms with Crippen LogP contribution >= 0.6 is 0 Å². The van der Waals surface area contributed by atoms with Crippen molar-refractivity contribution in [2.24, 2.45) is 5.92 Å². The third kappa shape index (κ3) is 3.34. The van der Waals surface area contributed by atoms with Crippen LogP contribution in [0.5, 0.6) is 0 Å². The van der Waals surface area contributed by atoms with Crippen molar-refractivity contribution in [3.63, 3.8) is 0 Å². The summed E-state index contributed by atoms with van der Waals surface area (Å²) in [5, 5.41) is 8.26. The highest BCUT2D eigenvalue weighted by molar-refractivity contribution is 7.85. The average molecular weight is 190 g/mol. The molecule has 12 heavy (non-hydrogen) atoms. The second-order valence-electron chi connectivity index (χ2n) is 3.40. The quantitative estimate of drug-likeness (QED) is 0.704. The summed E-state index contributed by atoms with van der Waals surface area (Å²) >= 11 is 0. The van der Waals surface area contributed by atoms with Gasteiger partial charge < -0.3 is 5.11 Å². The summed E-state index contributed by atoms with van der Waals surface area (Å²) in [7, 11) is -0.934. The van der Waals surface area contributed by atoms with Crippen molar-refractivity contribution in [1.82, 2.24) is 0 Å². The molecule has 0 heterocycles. The smallest absolute Gasteiger partial charge is 0.304 e. The fourth-order valence-electron chi connectivity index (χ4n) is 1.02. The maximum atomic E-state index is 11.4. The minimum Gasteiger partial charge on any atom is -0.481 e. The van der Waals surface area contributed by atoms with Gasteiger partial charge in [0.05, 0.1) is 6.42 Å². The lowest BCUT2D eigenvalue weighted by molar-refractivity contribution is -0.136. The highest BCUT2D eigenvalue weighted by Gasteiger charge is 2.26. The second kappa shape index (κ2) is 4.03. The molecular weight excluding hydrogens is 176 g/mol. The number of rotatable bonds is 5. The molecule has 70 valence electrons. The Hall–Kier alpha value is -0.380. The summed E-state index contributed by atoms with van der Waals surface area (Å²) < 4.78 is 11.4. The van der Waals surface area contributed by atoms with Gasteiger partial charge in [0.2, 0.25) is 0 Å². The first kappa shape index (κ1) is 9.71. The van der Waals surface area contributed by atoms with Crippen LogP contribution in [0.25, 0.3) is 0 Å². The molecule has 1 fully saturated rings. The summed E-state index contributed by atoms with van der Waals surface area (Å²) in [5.41, 5.74) is 0. The van der Waals surface area contributed by atoms with E-state index in [0.29, 0.717) is 11.7 Å². The van der Waals surface area contributed by atoms with E-state index in [4.69, 9.17) is 5.11 Å². The molecule has 2 atom stereocenters. The van der Waals surface area contributed by atoms with Crippen LogP contribution in [-0.4, -0.2) is 26.3 Å². The van der Waals surface area contributed by atoms with Gasteiger partial charge in [-0.25, -0.2) is 0 Å². The standard InChI is InChI=1S/C8H14O3S/c1-6(4-8(9)10)12(11)5-7-2-3-7/h6-7H,2-5H2,1H3,(H,9,10). The van der Waals surface area contributed by atoms with Crippen LogP contribution in [-0.2, 0) is 15.6 Å². The molecule has 0 radical (unpaired) electrons. The van der Waals surface area contributed by atoms with E-state index in [1.54, 1.807) is 6.92 Å². The van der Waals surface area contributed by atoms with Gasteiger partial charge in [-0.15, -0.1) is 0 Å². The van der Waals surface area contributed by atoms with Crippen molar-refractivity contribution in [1.29, 1.82) is 0 Å². The molecule has 1 N–H and O–H groups in total. The molecule has 1 saturated carbocycles. The highest BCUT2D eigenvalue weighted by atomic mass is 32.2. The minimum absolute atomic E-state index is 0.0271. The van der Waals surface area contributed by atoms with Crippen molar-refractivity contribution >= 4 is 16.8 Å². The van der Waals surface area contributed by atoms with Gasteiger partial charge in [-0.3, -0.25) is 9.00 Å². The van der Waals surface area contributed by atoms with E-state index in [1.807, 2.05) is 0 Å². The number of hydrogen-bond donors (Lipinski definition) is 1. The Morgan fingerprint density at radius 1 is 1.67 bits per heavy atom. The molecule has 0 aromatic heterocycles. The average Bonchev–Trinajstić information content (AvgIpc) is 2.70. The minimum atomic E-state index is -0.934. The monoisotopic (exact) mass is 190 g/mol. The van der Waals surface area contributed by atoms with Crippen molar-refractivity contribution in [2.75, 3.05) is 5.75 Å². The molecule has 1 rings (SSSR count). The van der Waals surface area contributed by atoms with Crippen LogP contribution in [0.15, 0.2) is 0 Å². The van der Waals surface area contributed by atoms with Crippen molar-refractivity contribution in [3.05, 3.63) is 0 Å². The Kier molecular flexibility index (Phi) is 3.26. The van der Waals surface area contributed by atoms with Gasteiger partial charge in [-0.05, 0) is 18.8 Å². The van der Waals surface area contributed by atoms with Gasteiger partial charge in [0, 0.05) is 21.8 Å². The lowest BCUT2D eigenvalue weighted by Crippen LogP contribution is -2.18. The lowest BCUT2D eigenvalue weighted by Gasteiger charge is -2.07. The van der Waals surface area contributed by atoms with E-state index in [2.05, 4.69) is 0 Å². The van der Waals surface area contributed by atoms with E-state index in [-0.39, 0.29) is 11.7 Å². The second-order valence-corrected chi connectivity index (χ2v) is 5.30. The van der Waals surface area contributed by atoms with Gasteiger partial charge in [0.15, 0.2) is 0 Å². The first-order valence-corrected chi connectivity index (χ1v) is 5.56. The molecular formula is C8H14O3S. The van der Waals surface area contributed by atoms with Crippen molar-refractivity contribution < 1.29 is 14.1 Å². The fraction of sp³-hybridized carbons (Fsp3) is 0.875. The Bertz CT molecular complexity index is 198. The first-order chi connectivity index (χ1) is 5.59. The van der Waals surface area contributed by atoms with Gasteiger partial charge in [-0.2, -0.15) is 0 Å². The molecule has 0 aliphatic heterocycles. The zero-order chi connectivity index (χ0) is 9.14. The number of hydrogen-bond acceptors (Lipinski definition) is 2. The van der Waals surface area contributed by atoms with Crippen LogP contribution in [0.1, 0.15) is 26.2 Å². The van der Waals surface area contributed by atoms with Crippen molar-refractivity contribution in [2.45, 2.75) is 31.4 Å². The molecule has 4 heteroatoms. The number of carboxylic acids is 1. The molecule has 1 aliphatic rings. The molecule has 0 aromatic carbocycles. The lowest BCUT2D eigenvalue weighted by atomic mass is 10.3. The first-order valence-electron chi connectivity index (χ1n) is 4.18. The molecule has 1 aliphatic carbocycles. The van der Waals surface area contributed by atoms with E-state index < -0.39 is 16.8 Å². The number of carbonyl (C=O) groups is 1. The van der Waals surface area contributed by atoms with Crippen LogP contribution in [0.3, 0.4) is 0 Å². The fourth-order valence-corrected chi connectivity index (χ4v) is 2.47. The van der Waals surface area contributed by atoms with E-state index in [0.717, 1.165) is 0 Å². The van der Waals surface area contributed by atoms with Crippen LogP contribution in [0.4, 0.5) is 0 Å².